The number of benzene rings is 1. The van der Waals surface area contributed by atoms with Gasteiger partial charge < -0.3 is 4.90 Å². The molecule has 1 atom stereocenters. The summed E-state index contributed by atoms with van der Waals surface area (Å²) in [4.78, 5) is 6.42. The van der Waals surface area contributed by atoms with Crippen LogP contribution in [0.1, 0.15) is 17.7 Å². The molecule has 0 amide bonds. The van der Waals surface area contributed by atoms with E-state index in [1.807, 2.05) is 11.0 Å². The molecule has 5 nitrogen and oxygen atoms in total. The lowest BCUT2D eigenvalue weighted by Gasteiger charge is -2.42. The summed E-state index contributed by atoms with van der Waals surface area (Å²) < 4.78 is 64.2. The number of sulfonamides is 1. The van der Waals surface area contributed by atoms with Gasteiger partial charge in [-0.25, -0.2) is 12.7 Å². The fraction of sp³-hybridized carbons (Fsp3) is 0.421. The molecular weight excluding hydrogens is 391 g/mol. The summed E-state index contributed by atoms with van der Waals surface area (Å²) in [5.41, 5.74) is 1.32. The van der Waals surface area contributed by atoms with Crippen molar-refractivity contribution in [3.05, 3.63) is 53.9 Å². The first kappa shape index (κ1) is 19.2. The third-order valence-electron chi connectivity index (χ3n) is 5.57. The van der Waals surface area contributed by atoms with Crippen LogP contribution in [0, 0.1) is 5.41 Å². The monoisotopic (exact) mass is 411 g/mol. The first-order chi connectivity index (χ1) is 13.1. The Morgan fingerprint density at radius 1 is 1.11 bits per heavy atom. The molecule has 4 rings (SSSR count). The fourth-order valence-electron chi connectivity index (χ4n) is 4.15. The van der Waals surface area contributed by atoms with E-state index in [0.29, 0.717) is 38.2 Å². The number of fused-ring (bicyclic) bond motifs is 1. The van der Waals surface area contributed by atoms with Crippen LogP contribution < -0.4 is 4.90 Å². The molecule has 2 aromatic rings. The largest absolute Gasteiger partial charge is 0.416 e. The maximum atomic E-state index is 12.9. The second-order valence-corrected chi connectivity index (χ2v) is 9.61. The Hall–Kier alpha value is -2.13. The van der Waals surface area contributed by atoms with Crippen LogP contribution in [0.5, 0.6) is 0 Å². The summed E-state index contributed by atoms with van der Waals surface area (Å²) in [5, 5.41) is 0. The average Bonchev–Trinajstić information content (AvgIpc) is 3.04. The van der Waals surface area contributed by atoms with Gasteiger partial charge in [0.25, 0.3) is 0 Å². The second kappa shape index (κ2) is 6.45. The van der Waals surface area contributed by atoms with Crippen molar-refractivity contribution in [3.8, 4) is 0 Å². The molecule has 1 fully saturated rings. The Balaban J connectivity index is 1.71. The molecule has 150 valence electrons. The molecule has 1 aromatic carbocycles. The smallest absolute Gasteiger partial charge is 0.339 e. The number of halogens is 3. The van der Waals surface area contributed by atoms with Crippen LogP contribution >= 0.6 is 0 Å². The Morgan fingerprint density at radius 2 is 1.82 bits per heavy atom. The van der Waals surface area contributed by atoms with Crippen molar-refractivity contribution in [2.45, 2.75) is 19.0 Å². The topological polar surface area (TPSA) is 53.5 Å². The Kier molecular flexibility index (Phi) is 4.42. The number of rotatable bonds is 2. The number of pyridine rings is 1. The SMILES string of the molecule is CS(=O)(=O)N1CCC2(Cc3ncccc3N(c3ccc(C(F)(F)F)cc3)C2)C1. The summed E-state index contributed by atoms with van der Waals surface area (Å²) >= 11 is 0. The summed E-state index contributed by atoms with van der Waals surface area (Å²) in [6.07, 6.45) is -0.164. The lowest BCUT2D eigenvalue weighted by molar-refractivity contribution is -0.137. The van der Waals surface area contributed by atoms with Gasteiger partial charge in [-0.3, -0.25) is 4.98 Å². The van der Waals surface area contributed by atoms with Crippen molar-refractivity contribution in [3.63, 3.8) is 0 Å². The molecule has 1 unspecified atom stereocenters. The van der Waals surface area contributed by atoms with Crippen LogP contribution in [0.15, 0.2) is 42.6 Å². The highest BCUT2D eigenvalue weighted by Gasteiger charge is 2.46. The van der Waals surface area contributed by atoms with E-state index in [1.165, 1.54) is 22.7 Å². The lowest BCUT2D eigenvalue weighted by atomic mass is 9.78. The molecule has 0 N–H and O–H groups in total. The van der Waals surface area contributed by atoms with Crippen molar-refractivity contribution >= 4 is 21.4 Å². The maximum Gasteiger partial charge on any atom is 0.416 e. The summed E-state index contributed by atoms with van der Waals surface area (Å²) in [6.45, 7) is 1.36. The van der Waals surface area contributed by atoms with Crippen molar-refractivity contribution in [1.29, 1.82) is 0 Å². The normalized spacial score (nSPS) is 23.2. The van der Waals surface area contributed by atoms with Gasteiger partial charge in [-0.1, -0.05) is 0 Å². The highest BCUT2D eigenvalue weighted by Crippen LogP contribution is 2.45. The van der Waals surface area contributed by atoms with Gasteiger partial charge in [0.1, 0.15) is 0 Å². The van der Waals surface area contributed by atoms with Gasteiger partial charge in [-0.05, 0) is 42.8 Å². The van der Waals surface area contributed by atoms with E-state index in [1.54, 1.807) is 12.3 Å². The third-order valence-corrected chi connectivity index (χ3v) is 6.82. The highest BCUT2D eigenvalue weighted by molar-refractivity contribution is 7.88. The Labute approximate surface area is 161 Å². The van der Waals surface area contributed by atoms with Gasteiger partial charge >= 0.3 is 6.18 Å². The van der Waals surface area contributed by atoms with E-state index < -0.39 is 21.8 Å². The average molecular weight is 411 g/mol. The molecule has 0 aliphatic carbocycles. The zero-order chi connectivity index (χ0) is 20.2. The van der Waals surface area contributed by atoms with Gasteiger partial charge in [0.15, 0.2) is 0 Å². The molecule has 0 saturated carbocycles. The predicted molar refractivity (Wildman–Crippen MR) is 99.9 cm³/mol. The van der Waals surface area contributed by atoms with Crippen LogP contribution in [-0.2, 0) is 22.6 Å². The molecule has 1 spiro atoms. The molecular formula is C19H20F3N3O2S. The minimum Gasteiger partial charge on any atom is -0.339 e. The number of nitrogens with zero attached hydrogens (tertiary/aromatic N) is 3. The zero-order valence-corrected chi connectivity index (χ0v) is 16.1. The number of aromatic nitrogens is 1. The number of hydrogen-bond acceptors (Lipinski definition) is 4. The van der Waals surface area contributed by atoms with Crippen LogP contribution in [0.2, 0.25) is 0 Å². The summed E-state index contributed by atoms with van der Waals surface area (Å²) in [6, 6.07) is 8.76. The Bertz CT molecular complexity index is 992. The second-order valence-electron chi connectivity index (χ2n) is 7.62. The van der Waals surface area contributed by atoms with Crippen molar-refractivity contribution in [1.82, 2.24) is 9.29 Å². The molecule has 1 aromatic heterocycles. The zero-order valence-electron chi connectivity index (χ0n) is 15.3. The number of hydrogen-bond donors (Lipinski definition) is 0. The minimum absolute atomic E-state index is 0.312. The Morgan fingerprint density at radius 3 is 2.43 bits per heavy atom. The highest BCUT2D eigenvalue weighted by atomic mass is 32.2. The van der Waals surface area contributed by atoms with Gasteiger partial charge in [0.05, 0.1) is 23.2 Å². The van der Waals surface area contributed by atoms with Gasteiger partial charge in [-0.15, -0.1) is 0 Å². The molecule has 2 aliphatic rings. The third kappa shape index (κ3) is 3.48. The van der Waals surface area contributed by atoms with Crippen LogP contribution in [-0.4, -0.2) is 43.6 Å². The van der Waals surface area contributed by atoms with Crippen LogP contribution in [0.3, 0.4) is 0 Å². The fourth-order valence-corrected chi connectivity index (χ4v) is 5.09. The first-order valence-electron chi connectivity index (χ1n) is 8.91. The van der Waals surface area contributed by atoms with Gasteiger partial charge in [0.2, 0.25) is 10.0 Å². The predicted octanol–water partition coefficient (Wildman–Crippen LogP) is 3.45. The van der Waals surface area contributed by atoms with Crippen molar-refractivity contribution in [2.24, 2.45) is 5.41 Å². The van der Waals surface area contributed by atoms with E-state index >= 15 is 0 Å². The molecule has 2 aliphatic heterocycles. The molecule has 28 heavy (non-hydrogen) atoms. The molecule has 9 heteroatoms. The lowest BCUT2D eigenvalue weighted by Crippen LogP contribution is -2.44. The van der Waals surface area contributed by atoms with Crippen LogP contribution in [0.25, 0.3) is 0 Å². The van der Waals surface area contributed by atoms with E-state index in [4.69, 9.17) is 0 Å². The molecule has 1 saturated heterocycles. The van der Waals surface area contributed by atoms with Gasteiger partial charge in [0, 0.05) is 43.4 Å². The van der Waals surface area contributed by atoms with Crippen molar-refractivity contribution < 1.29 is 21.6 Å². The van der Waals surface area contributed by atoms with Crippen LogP contribution in [0.4, 0.5) is 24.5 Å². The van der Waals surface area contributed by atoms with E-state index in [-0.39, 0.29) is 5.41 Å². The first-order valence-corrected chi connectivity index (χ1v) is 10.8. The summed E-state index contributed by atoms with van der Waals surface area (Å²) in [5.74, 6) is 0. The minimum atomic E-state index is -4.39. The maximum absolute atomic E-state index is 12.9. The van der Waals surface area contributed by atoms with E-state index in [2.05, 4.69) is 4.98 Å². The summed E-state index contributed by atoms with van der Waals surface area (Å²) in [7, 11) is -3.29. The van der Waals surface area contributed by atoms with E-state index in [0.717, 1.165) is 23.5 Å². The number of alkyl halides is 3. The standard InChI is InChI=1S/C19H20F3N3O2S/c1-28(26,27)24-10-8-18(12-24)11-16-17(3-2-9-23-16)25(13-18)15-6-4-14(5-7-15)19(20,21)22/h2-7,9H,8,10-13H2,1H3. The van der Waals surface area contributed by atoms with Crippen molar-refractivity contribution in [2.75, 3.05) is 30.8 Å². The molecule has 3 heterocycles. The van der Waals surface area contributed by atoms with Gasteiger partial charge in [-0.2, -0.15) is 13.2 Å². The molecule has 0 bridgehead atoms. The quantitative estimate of drug-likeness (QED) is 0.760. The number of anilines is 2. The van der Waals surface area contributed by atoms with E-state index in [9.17, 15) is 21.6 Å². The molecule has 0 radical (unpaired) electrons.